The van der Waals surface area contributed by atoms with Crippen molar-refractivity contribution in [2.24, 2.45) is 0 Å². The quantitative estimate of drug-likeness (QED) is 0.578. The Bertz CT molecular complexity index is 834. The van der Waals surface area contributed by atoms with Crippen LogP contribution in [0.4, 0.5) is 5.69 Å². The summed E-state index contributed by atoms with van der Waals surface area (Å²) in [6, 6.07) is 10.5. The van der Waals surface area contributed by atoms with E-state index >= 15 is 0 Å². The molecule has 0 saturated heterocycles. The van der Waals surface area contributed by atoms with Gasteiger partial charge in [0.2, 0.25) is 5.91 Å². The lowest BCUT2D eigenvalue weighted by atomic mass is 10.2. The van der Waals surface area contributed by atoms with Crippen molar-refractivity contribution in [2.75, 3.05) is 18.4 Å². The highest BCUT2D eigenvalue weighted by atomic mass is 32.1. The van der Waals surface area contributed by atoms with Gasteiger partial charge in [-0.05, 0) is 37.4 Å². The van der Waals surface area contributed by atoms with Crippen molar-refractivity contribution in [3.05, 3.63) is 52.2 Å². The van der Waals surface area contributed by atoms with Gasteiger partial charge in [0.25, 0.3) is 11.8 Å². The van der Waals surface area contributed by atoms with E-state index in [0.29, 0.717) is 10.6 Å². The van der Waals surface area contributed by atoms with Gasteiger partial charge in [-0.2, -0.15) is 0 Å². The second-order valence-corrected chi connectivity index (χ2v) is 6.87. The average Bonchev–Trinajstić information content (AvgIpc) is 3.21. The van der Waals surface area contributed by atoms with Crippen LogP contribution in [0.1, 0.15) is 22.2 Å². The van der Waals surface area contributed by atoms with Crippen molar-refractivity contribution in [2.45, 2.75) is 20.0 Å². The van der Waals surface area contributed by atoms with Crippen molar-refractivity contribution in [3.63, 3.8) is 0 Å². The number of carbonyl (C=O) groups is 4. The summed E-state index contributed by atoms with van der Waals surface area (Å²) in [4.78, 5) is 47.7. The number of hydrogen-bond donors (Lipinski definition) is 3. The highest BCUT2D eigenvalue weighted by molar-refractivity contribution is 7.12. The van der Waals surface area contributed by atoms with Gasteiger partial charge in [0, 0.05) is 5.69 Å². The lowest BCUT2D eigenvalue weighted by molar-refractivity contribution is -0.152. The first-order chi connectivity index (χ1) is 13.3. The third-order valence-electron chi connectivity index (χ3n) is 3.58. The van der Waals surface area contributed by atoms with Crippen molar-refractivity contribution in [3.8, 4) is 0 Å². The molecule has 1 aromatic carbocycles. The lowest BCUT2D eigenvalue weighted by Crippen LogP contribution is -2.40. The molecule has 1 aromatic heterocycles. The van der Waals surface area contributed by atoms with Crippen LogP contribution >= 0.6 is 11.3 Å². The minimum Gasteiger partial charge on any atom is -0.451 e. The number of ether oxygens (including phenoxy) is 1. The molecule has 0 aliphatic rings. The molecule has 28 heavy (non-hydrogen) atoms. The zero-order valence-electron chi connectivity index (χ0n) is 15.5. The van der Waals surface area contributed by atoms with Gasteiger partial charge in [-0.15, -0.1) is 11.3 Å². The maximum Gasteiger partial charge on any atom is 0.326 e. The van der Waals surface area contributed by atoms with Crippen LogP contribution in [0.2, 0.25) is 0 Å². The number of amides is 3. The average molecular weight is 403 g/mol. The third-order valence-corrected chi connectivity index (χ3v) is 4.45. The summed E-state index contributed by atoms with van der Waals surface area (Å²) in [5.74, 6) is -2.15. The maximum absolute atomic E-state index is 12.0. The summed E-state index contributed by atoms with van der Waals surface area (Å²) >= 11 is 1.26. The fraction of sp³-hybridized carbons (Fsp3) is 0.263. The van der Waals surface area contributed by atoms with E-state index < -0.39 is 30.4 Å². The first kappa shape index (κ1) is 21.1. The van der Waals surface area contributed by atoms with E-state index in [1.165, 1.54) is 18.3 Å². The number of benzene rings is 1. The van der Waals surface area contributed by atoms with E-state index in [4.69, 9.17) is 4.74 Å². The SMILES string of the molecule is Cc1ccc(NC(=O)[C@@H](C)OC(=O)CNC(=O)CNC(=O)c2cccs2)cc1. The Morgan fingerprint density at radius 1 is 1.04 bits per heavy atom. The summed E-state index contributed by atoms with van der Waals surface area (Å²) in [5.41, 5.74) is 1.65. The molecule has 1 heterocycles. The van der Waals surface area contributed by atoms with Crippen LogP contribution in [-0.4, -0.2) is 42.9 Å². The molecule has 0 aliphatic carbocycles. The molecule has 0 spiro atoms. The van der Waals surface area contributed by atoms with E-state index in [-0.39, 0.29) is 12.5 Å². The topological polar surface area (TPSA) is 114 Å². The lowest BCUT2D eigenvalue weighted by Gasteiger charge is -2.14. The van der Waals surface area contributed by atoms with Crippen molar-refractivity contribution >= 4 is 40.7 Å². The predicted octanol–water partition coefficient (Wildman–Crippen LogP) is 1.47. The van der Waals surface area contributed by atoms with Crippen LogP contribution in [0, 0.1) is 6.92 Å². The molecule has 3 amide bonds. The van der Waals surface area contributed by atoms with Gasteiger partial charge in [-0.25, -0.2) is 0 Å². The predicted molar refractivity (Wildman–Crippen MR) is 105 cm³/mol. The number of rotatable bonds is 8. The molecule has 3 N–H and O–H groups in total. The first-order valence-electron chi connectivity index (χ1n) is 8.50. The Morgan fingerprint density at radius 2 is 1.75 bits per heavy atom. The van der Waals surface area contributed by atoms with Crippen molar-refractivity contribution in [1.82, 2.24) is 10.6 Å². The second-order valence-electron chi connectivity index (χ2n) is 5.92. The van der Waals surface area contributed by atoms with E-state index in [1.54, 1.807) is 29.6 Å². The molecule has 2 aromatic rings. The fourth-order valence-corrected chi connectivity index (χ4v) is 2.70. The normalized spacial score (nSPS) is 11.2. The van der Waals surface area contributed by atoms with Crippen molar-refractivity contribution < 1.29 is 23.9 Å². The van der Waals surface area contributed by atoms with E-state index in [9.17, 15) is 19.2 Å². The largest absolute Gasteiger partial charge is 0.451 e. The van der Waals surface area contributed by atoms with E-state index in [0.717, 1.165) is 5.56 Å². The van der Waals surface area contributed by atoms with Crippen LogP contribution in [0.3, 0.4) is 0 Å². The number of esters is 1. The molecular weight excluding hydrogens is 382 g/mol. The smallest absolute Gasteiger partial charge is 0.326 e. The number of carbonyl (C=O) groups excluding carboxylic acids is 4. The third kappa shape index (κ3) is 6.84. The first-order valence-corrected chi connectivity index (χ1v) is 9.38. The Hall–Kier alpha value is -3.20. The molecule has 0 radical (unpaired) electrons. The zero-order chi connectivity index (χ0) is 20.5. The number of hydrogen-bond acceptors (Lipinski definition) is 6. The van der Waals surface area contributed by atoms with Crippen LogP contribution in [0.25, 0.3) is 0 Å². The summed E-state index contributed by atoms with van der Waals surface area (Å²) in [6.07, 6.45) is -1.02. The molecule has 0 fully saturated rings. The Kier molecular flexibility index (Phi) is 7.70. The summed E-state index contributed by atoms with van der Waals surface area (Å²) in [6.45, 7) is 2.69. The molecule has 0 unspecified atom stereocenters. The van der Waals surface area contributed by atoms with Gasteiger partial charge in [0.1, 0.15) is 6.54 Å². The maximum atomic E-state index is 12.0. The fourth-order valence-electron chi connectivity index (χ4n) is 2.06. The minimum atomic E-state index is -1.02. The minimum absolute atomic E-state index is 0.270. The van der Waals surface area contributed by atoms with Crippen LogP contribution in [0.15, 0.2) is 41.8 Å². The van der Waals surface area contributed by atoms with Crippen LogP contribution in [-0.2, 0) is 19.1 Å². The van der Waals surface area contributed by atoms with Gasteiger partial charge >= 0.3 is 5.97 Å². The Balaban J connectivity index is 1.67. The molecule has 0 aliphatic heterocycles. The molecule has 148 valence electrons. The Labute approximate surface area is 166 Å². The number of thiophene rings is 1. The molecule has 2 rings (SSSR count). The van der Waals surface area contributed by atoms with Gasteiger partial charge in [-0.3, -0.25) is 19.2 Å². The number of aryl methyl sites for hydroxylation is 1. The number of nitrogens with one attached hydrogen (secondary N) is 3. The highest BCUT2D eigenvalue weighted by Gasteiger charge is 2.18. The van der Waals surface area contributed by atoms with Gasteiger partial charge in [-0.1, -0.05) is 23.8 Å². The second kappa shape index (κ2) is 10.2. The van der Waals surface area contributed by atoms with Crippen LogP contribution < -0.4 is 16.0 Å². The standard InChI is InChI=1S/C19H21N3O5S/c1-12-5-7-14(8-6-12)22-18(25)13(2)27-17(24)11-20-16(23)10-21-19(26)15-4-3-9-28-15/h3-9,13H,10-11H2,1-2H3,(H,20,23)(H,21,26)(H,22,25)/t13-/m1/s1. The number of anilines is 1. The molecule has 1 atom stereocenters. The molecule has 8 nitrogen and oxygen atoms in total. The Morgan fingerprint density at radius 3 is 2.39 bits per heavy atom. The highest BCUT2D eigenvalue weighted by Crippen LogP contribution is 2.09. The van der Waals surface area contributed by atoms with Crippen molar-refractivity contribution in [1.29, 1.82) is 0 Å². The molecule has 0 bridgehead atoms. The molecule has 9 heteroatoms. The van der Waals surface area contributed by atoms with E-state index in [1.807, 2.05) is 19.1 Å². The van der Waals surface area contributed by atoms with Gasteiger partial charge in [0.15, 0.2) is 6.10 Å². The summed E-state index contributed by atoms with van der Waals surface area (Å²) < 4.78 is 4.99. The van der Waals surface area contributed by atoms with Gasteiger partial charge in [0.05, 0.1) is 11.4 Å². The van der Waals surface area contributed by atoms with Gasteiger partial charge < -0.3 is 20.7 Å². The summed E-state index contributed by atoms with van der Waals surface area (Å²) in [5, 5.41) is 9.16. The summed E-state index contributed by atoms with van der Waals surface area (Å²) in [7, 11) is 0. The molecule has 0 saturated carbocycles. The monoisotopic (exact) mass is 403 g/mol. The van der Waals surface area contributed by atoms with E-state index in [2.05, 4.69) is 16.0 Å². The molecular formula is C19H21N3O5S. The van der Waals surface area contributed by atoms with Crippen LogP contribution in [0.5, 0.6) is 0 Å². The zero-order valence-corrected chi connectivity index (χ0v) is 16.3.